The molecule has 0 saturated carbocycles. The molecule has 0 N–H and O–H groups in total. The van der Waals surface area contributed by atoms with Gasteiger partial charge in [-0.15, -0.1) is 0 Å². The summed E-state index contributed by atoms with van der Waals surface area (Å²) in [4.78, 5) is 28.9. The molecule has 3 aromatic carbocycles. The molecule has 2 heterocycles. The SMILES string of the molecule is CCCCCOc1ccc(C2c3c(oc4ccc(C)cc4c3=O)C(=O)N2c2ccccc2)cc1. The largest absolute Gasteiger partial charge is 0.494 e. The Bertz CT molecular complexity index is 1390. The molecule has 0 fully saturated rings. The first-order chi connectivity index (χ1) is 16.6. The van der Waals surface area contributed by atoms with Crippen LogP contribution in [0.15, 0.2) is 82.0 Å². The maximum absolute atomic E-state index is 13.7. The van der Waals surface area contributed by atoms with Crippen molar-refractivity contribution in [2.24, 2.45) is 0 Å². The Kier molecular flexibility index (Phi) is 5.93. The van der Waals surface area contributed by atoms with Crippen LogP contribution in [0, 0.1) is 6.92 Å². The van der Waals surface area contributed by atoms with Crippen molar-refractivity contribution in [3.8, 4) is 5.75 Å². The predicted molar refractivity (Wildman–Crippen MR) is 134 cm³/mol. The van der Waals surface area contributed by atoms with Gasteiger partial charge in [-0.05, 0) is 55.3 Å². The summed E-state index contributed by atoms with van der Waals surface area (Å²) in [7, 11) is 0. The van der Waals surface area contributed by atoms with E-state index in [-0.39, 0.29) is 17.1 Å². The van der Waals surface area contributed by atoms with Gasteiger partial charge in [0.2, 0.25) is 5.76 Å². The van der Waals surface area contributed by atoms with Crippen LogP contribution in [0.3, 0.4) is 0 Å². The number of nitrogens with zero attached hydrogens (tertiary/aromatic N) is 1. The van der Waals surface area contributed by atoms with E-state index in [1.165, 1.54) is 0 Å². The number of carbonyl (C=O) groups excluding carboxylic acids is 1. The monoisotopic (exact) mass is 453 g/mol. The standard InChI is InChI=1S/C29H27NO4/c1-3-4-8-17-33-22-14-12-20(13-15-22)26-25-27(31)23-18-19(2)11-16-24(23)34-28(25)29(32)30(26)21-9-6-5-7-10-21/h5-7,9-16,18,26H,3-4,8,17H2,1-2H3. The van der Waals surface area contributed by atoms with Crippen molar-refractivity contribution in [2.45, 2.75) is 39.2 Å². The van der Waals surface area contributed by atoms with Crippen molar-refractivity contribution >= 4 is 22.6 Å². The molecule has 4 aromatic rings. The molecule has 1 atom stereocenters. The molecule has 5 rings (SSSR count). The van der Waals surface area contributed by atoms with Crippen molar-refractivity contribution < 1.29 is 13.9 Å². The fraction of sp³-hybridized carbons (Fsp3) is 0.241. The number of benzene rings is 3. The summed E-state index contributed by atoms with van der Waals surface area (Å²) in [5.74, 6) is 0.567. The molecule has 1 aliphatic heterocycles. The van der Waals surface area contributed by atoms with Crippen LogP contribution in [0.2, 0.25) is 0 Å². The van der Waals surface area contributed by atoms with E-state index in [4.69, 9.17) is 9.15 Å². The highest BCUT2D eigenvalue weighted by Gasteiger charge is 2.43. The van der Waals surface area contributed by atoms with Crippen molar-refractivity contribution in [3.05, 3.63) is 105 Å². The number of unbranched alkanes of at least 4 members (excludes halogenated alkanes) is 2. The maximum atomic E-state index is 13.7. The van der Waals surface area contributed by atoms with Gasteiger partial charge in [0.15, 0.2) is 5.43 Å². The van der Waals surface area contributed by atoms with E-state index in [1.807, 2.05) is 73.7 Å². The second-order valence-electron chi connectivity index (χ2n) is 8.71. The molecule has 172 valence electrons. The topological polar surface area (TPSA) is 59.8 Å². The van der Waals surface area contributed by atoms with Gasteiger partial charge in [-0.3, -0.25) is 14.5 Å². The quantitative estimate of drug-likeness (QED) is 0.303. The lowest BCUT2D eigenvalue weighted by atomic mass is 9.98. The van der Waals surface area contributed by atoms with E-state index < -0.39 is 6.04 Å². The number of para-hydroxylation sites is 1. The first kappa shape index (κ1) is 22.0. The highest BCUT2D eigenvalue weighted by molar-refractivity contribution is 6.10. The maximum Gasteiger partial charge on any atom is 0.295 e. The minimum absolute atomic E-state index is 0.107. The molecular formula is C29H27NO4. The molecule has 1 aromatic heterocycles. The summed E-state index contributed by atoms with van der Waals surface area (Å²) in [6.45, 7) is 4.77. The van der Waals surface area contributed by atoms with Crippen LogP contribution in [0.4, 0.5) is 5.69 Å². The lowest BCUT2D eigenvalue weighted by Crippen LogP contribution is -2.29. The number of amides is 1. The molecule has 1 aliphatic rings. The molecule has 0 spiro atoms. The Morgan fingerprint density at radius 3 is 2.44 bits per heavy atom. The molecule has 0 aliphatic carbocycles. The molecule has 0 bridgehead atoms. The molecule has 34 heavy (non-hydrogen) atoms. The van der Waals surface area contributed by atoms with Gasteiger partial charge in [-0.1, -0.05) is 61.7 Å². The molecule has 0 radical (unpaired) electrons. The van der Waals surface area contributed by atoms with Crippen LogP contribution in [-0.4, -0.2) is 12.5 Å². The number of hydrogen-bond acceptors (Lipinski definition) is 4. The summed E-state index contributed by atoms with van der Waals surface area (Å²) < 4.78 is 11.9. The second-order valence-corrected chi connectivity index (χ2v) is 8.71. The molecule has 1 unspecified atom stereocenters. The highest BCUT2D eigenvalue weighted by atomic mass is 16.5. The molecule has 0 saturated heterocycles. The van der Waals surface area contributed by atoms with E-state index in [9.17, 15) is 9.59 Å². The summed E-state index contributed by atoms with van der Waals surface area (Å²) >= 11 is 0. The lowest BCUT2D eigenvalue weighted by molar-refractivity contribution is 0.0971. The van der Waals surface area contributed by atoms with Gasteiger partial charge in [0.05, 0.1) is 23.6 Å². The molecule has 5 heteroatoms. The van der Waals surface area contributed by atoms with Crippen LogP contribution in [0.1, 0.15) is 59.5 Å². The number of anilines is 1. The van der Waals surface area contributed by atoms with Gasteiger partial charge in [-0.25, -0.2) is 0 Å². The zero-order valence-corrected chi connectivity index (χ0v) is 19.4. The smallest absolute Gasteiger partial charge is 0.295 e. The predicted octanol–water partition coefficient (Wildman–Crippen LogP) is 6.42. The van der Waals surface area contributed by atoms with Gasteiger partial charge in [0, 0.05) is 5.69 Å². The third-order valence-electron chi connectivity index (χ3n) is 6.27. The van der Waals surface area contributed by atoms with Crippen LogP contribution in [-0.2, 0) is 0 Å². The van der Waals surface area contributed by atoms with Gasteiger partial charge < -0.3 is 9.15 Å². The second kappa shape index (κ2) is 9.18. The Hall–Kier alpha value is -3.86. The number of carbonyl (C=O) groups is 1. The van der Waals surface area contributed by atoms with Crippen molar-refractivity contribution in [1.82, 2.24) is 0 Å². The van der Waals surface area contributed by atoms with Crippen LogP contribution in [0.5, 0.6) is 5.75 Å². The first-order valence-electron chi connectivity index (χ1n) is 11.8. The lowest BCUT2D eigenvalue weighted by Gasteiger charge is -2.25. The summed E-state index contributed by atoms with van der Waals surface area (Å²) in [5.41, 5.74) is 3.14. The number of fused-ring (bicyclic) bond motifs is 2. The van der Waals surface area contributed by atoms with Crippen LogP contribution >= 0.6 is 0 Å². The van der Waals surface area contributed by atoms with Gasteiger partial charge in [0.25, 0.3) is 5.91 Å². The normalized spacial score (nSPS) is 15.1. The Morgan fingerprint density at radius 1 is 0.941 bits per heavy atom. The van der Waals surface area contributed by atoms with Gasteiger partial charge in [-0.2, -0.15) is 0 Å². The minimum Gasteiger partial charge on any atom is -0.494 e. The summed E-state index contributed by atoms with van der Waals surface area (Å²) in [6.07, 6.45) is 3.29. The van der Waals surface area contributed by atoms with Crippen molar-refractivity contribution in [1.29, 1.82) is 0 Å². The third kappa shape index (κ3) is 3.87. The molecule has 1 amide bonds. The zero-order chi connectivity index (χ0) is 23.7. The molecule has 5 nitrogen and oxygen atoms in total. The molecular weight excluding hydrogens is 426 g/mol. The number of hydrogen-bond donors (Lipinski definition) is 0. The number of aryl methyl sites for hydroxylation is 1. The Morgan fingerprint density at radius 2 is 1.71 bits per heavy atom. The summed E-state index contributed by atoms with van der Waals surface area (Å²) in [6, 6.07) is 21.9. The zero-order valence-electron chi connectivity index (χ0n) is 19.4. The Balaban J connectivity index is 1.62. The fourth-order valence-electron chi connectivity index (χ4n) is 4.55. The first-order valence-corrected chi connectivity index (χ1v) is 11.8. The summed E-state index contributed by atoms with van der Waals surface area (Å²) in [5, 5.41) is 0.488. The van der Waals surface area contributed by atoms with E-state index >= 15 is 0 Å². The highest BCUT2D eigenvalue weighted by Crippen LogP contribution is 2.41. The number of rotatable bonds is 7. The van der Waals surface area contributed by atoms with E-state index in [2.05, 4.69) is 6.92 Å². The average molecular weight is 454 g/mol. The van der Waals surface area contributed by atoms with Crippen LogP contribution in [0.25, 0.3) is 11.0 Å². The minimum atomic E-state index is -0.583. The average Bonchev–Trinajstić information content (AvgIpc) is 3.16. The van der Waals surface area contributed by atoms with E-state index in [1.54, 1.807) is 11.0 Å². The van der Waals surface area contributed by atoms with E-state index in [0.29, 0.717) is 28.8 Å². The van der Waals surface area contributed by atoms with E-state index in [0.717, 1.165) is 36.1 Å². The fourth-order valence-corrected chi connectivity index (χ4v) is 4.55. The van der Waals surface area contributed by atoms with Gasteiger partial charge in [0.1, 0.15) is 11.3 Å². The van der Waals surface area contributed by atoms with Crippen molar-refractivity contribution in [3.63, 3.8) is 0 Å². The van der Waals surface area contributed by atoms with Crippen molar-refractivity contribution in [2.75, 3.05) is 11.5 Å². The van der Waals surface area contributed by atoms with Crippen LogP contribution < -0.4 is 15.1 Å². The Labute approximate surface area is 198 Å². The number of ether oxygens (including phenoxy) is 1. The van der Waals surface area contributed by atoms with Gasteiger partial charge >= 0.3 is 0 Å². The third-order valence-corrected chi connectivity index (χ3v) is 6.27.